The van der Waals surface area contributed by atoms with Gasteiger partial charge in [0, 0.05) is 24.5 Å². The Morgan fingerprint density at radius 2 is 2.10 bits per heavy atom. The third-order valence-corrected chi connectivity index (χ3v) is 3.99. The highest BCUT2D eigenvalue weighted by Gasteiger charge is 2.33. The normalized spacial score (nSPS) is 20.0. The first kappa shape index (κ1) is 13.8. The summed E-state index contributed by atoms with van der Waals surface area (Å²) >= 11 is 0. The van der Waals surface area contributed by atoms with Gasteiger partial charge in [0.05, 0.1) is 11.7 Å². The molecular formula is C16H20N4O. The maximum Gasteiger partial charge on any atom is 0.244 e. The van der Waals surface area contributed by atoms with Crippen LogP contribution in [-0.4, -0.2) is 28.7 Å². The summed E-state index contributed by atoms with van der Waals surface area (Å²) in [5, 5.41) is 10.3. The Balaban J connectivity index is 1.67. The van der Waals surface area contributed by atoms with Crippen LogP contribution >= 0.6 is 0 Å². The van der Waals surface area contributed by atoms with Crippen LogP contribution in [0.5, 0.6) is 0 Å². The first-order valence-electron chi connectivity index (χ1n) is 7.28. The van der Waals surface area contributed by atoms with Gasteiger partial charge in [0.1, 0.15) is 0 Å². The molecule has 5 nitrogen and oxygen atoms in total. The summed E-state index contributed by atoms with van der Waals surface area (Å²) in [4.78, 5) is 14.4. The first-order chi connectivity index (χ1) is 10.1. The molecule has 0 saturated carbocycles. The molecule has 3 rings (SSSR count). The summed E-state index contributed by atoms with van der Waals surface area (Å²) in [5.41, 5.74) is 3.17. The van der Waals surface area contributed by atoms with Crippen molar-refractivity contribution in [2.75, 3.05) is 11.4 Å². The molecule has 1 fully saturated rings. The number of carbonyl (C=O) groups excluding carboxylic acids is 1. The van der Waals surface area contributed by atoms with Gasteiger partial charge >= 0.3 is 0 Å². The van der Waals surface area contributed by atoms with Gasteiger partial charge in [-0.3, -0.25) is 15.2 Å². The Hall–Kier alpha value is -2.14. The Bertz CT molecular complexity index is 606. The highest BCUT2D eigenvalue weighted by atomic mass is 16.2. The fraction of sp³-hybridized carbons (Fsp3) is 0.375. The van der Waals surface area contributed by atoms with Gasteiger partial charge in [-0.1, -0.05) is 17.7 Å². The van der Waals surface area contributed by atoms with Crippen molar-refractivity contribution in [2.24, 2.45) is 0 Å². The van der Waals surface area contributed by atoms with E-state index >= 15 is 0 Å². The maximum atomic E-state index is 12.5. The zero-order chi connectivity index (χ0) is 14.8. The number of aromatic amines is 1. The molecule has 0 radical (unpaired) electrons. The third-order valence-electron chi connectivity index (χ3n) is 3.99. The average molecular weight is 284 g/mol. The van der Waals surface area contributed by atoms with Crippen molar-refractivity contribution in [2.45, 2.75) is 32.4 Å². The van der Waals surface area contributed by atoms with Crippen LogP contribution in [0.3, 0.4) is 0 Å². The molecule has 1 aromatic heterocycles. The summed E-state index contributed by atoms with van der Waals surface area (Å²) < 4.78 is 0. The van der Waals surface area contributed by atoms with Crippen molar-refractivity contribution in [3.63, 3.8) is 0 Å². The lowest BCUT2D eigenvalue weighted by Crippen LogP contribution is -2.39. The van der Waals surface area contributed by atoms with Crippen LogP contribution in [0.2, 0.25) is 0 Å². The molecule has 1 aliphatic heterocycles. The number of aromatic nitrogens is 2. The van der Waals surface area contributed by atoms with Crippen molar-refractivity contribution >= 4 is 11.6 Å². The molecule has 1 aliphatic rings. The SMILES string of the molecule is Cc1ccc(N2CCC(NC(C)c3ccn[nH]3)C2=O)cc1. The molecule has 2 N–H and O–H groups in total. The molecule has 0 aliphatic carbocycles. The minimum Gasteiger partial charge on any atom is -0.311 e. The predicted octanol–water partition coefficient (Wildman–Crippen LogP) is 2.17. The zero-order valence-electron chi connectivity index (χ0n) is 12.3. The fourth-order valence-electron chi connectivity index (χ4n) is 2.72. The topological polar surface area (TPSA) is 61.0 Å². The quantitative estimate of drug-likeness (QED) is 0.904. The number of benzene rings is 1. The molecule has 2 atom stereocenters. The average Bonchev–Trinajstić information content (AvgIpc) is 3.11. The molecule has 2 heterocycles. The van der Waals surface area contributed by atoms with Gasteiger partial charge in [-0.2, -0.15) is 5.10 Å². The smallest absolute Gasteiger partial charge is 0.244 e. The van der Waals surface area contributed by atoms with E-state index in [-0.39, 0.29) is 18.0 Å². The number of nitrogens with zero attached hydrogens (tertiary/aromatic N) is 2. The standard InChI is InChI=1S/C16H20N4O/c1-11-3-5-13(6-4-11)20-10-8-15(16(20)21)18-12(2)14-7-9-17-19-14/h3-7,9,12,15,18H,8,10H2,1-2H3,(H,17,19). The lowest BCUT2D eigenvalue weighted by Gasteiger charge is -2.19. The fourth-order valence-corrected chi connectivity index (χ4v) is 2.72. The van der Waals surface area contributed by atoms with E-state index in [1.807, 2.05) is 49.1 Å². The summed E-state index contributed by atoms with van der Waals surface area (Å²) in [7, 11) is 0. The van der Waals surface area contributed by atoms with Crippen LogP contribution in [0.4, 0.5) is 5.69 Å². The molecule has 2 aromatic rings. The van der Waals surface area contributed by atoms with Gasteiger partial charge in [-0.25, -0.2) is 0 Å². The molecule has 1 aromatic carbocycles. The molecule has 1 saturated heterocycles. The molecule has 2 unspecified atom stereocenters. The maximum absolute atomic E-state index is 12.5. The van der Waals surface area contributed by atoms with E-state index < -0.39 is 0 Å². The lowest BCUT2D eigenvalue weighted by molar-refractivity contribution is -0.119. The Morgan fingerprint density at radius 1 is 1.33 bits per heavy atom. The van der Waals surface area contributed by atoms with Gasteiger partial charge < -0.3 is 4.90 Å². The van der Waals surface area contributed by atoms with Crippen LogP contribution in [0.15, 0.2) is 36.5 Å². The number of amides is 1. The molecule has 110 valence electrons. The second-order valence-electron chi connectivity index (χ2n) is 5.57. The van der Waals surface area contributed by atoms with Crippen molar-refractivity contribution in [1.29, 1.82) is 0 Å². The molecule has 5 heteroatoms. The van der Waals surface area contributed by atoms with Gasteiger partial charge in [0.25, 0.3) is 0 Å². The van der Waals surface area contributed by atoms with Crippen LogP contribution in [-0.2, 0) is 4.79 Å². The highest BCUT2D eigenvalue weighted by molar-refractivity contribution is 5.99. The van der Waals surface area contributed by atoms with Gasteiger partial charge in [-0.15, -0.1) is 0 Å². The highest BCUT2D eigenvalue weighted by Crippen LogP contribution is 2.23. The Morgan fingerprint density at radius 3 is 2.76 bits per heavy atom. The Labute approximate surface area is 124 Å². The molecule has 1 amide bonds. The van der Waals surface area contributed by atoms with Crippen LogP contribution in [0, 0.1) is 6.92 Å². The van der Waals surface area contributed by atoms with Crippen molar-refractivity contribution in [3.05, 3.63) is 47.8 Å². The van der Waals surface area contributed by atoms with Crippen molar-refractivity contribution in [3.8, 4) is 0 Å². The summed E-state index contributed by atoms with van der Waals surface area (Å²) in [6.45, 7) is 4.84. The van der Waals surface area contributed by atoms with Gasteiger partial charge in [0.15, 0.2) is 0 Å². The number of nitrogens with one attached hydrogen (secondary N) is 2. The van der Waals surface area contributed by atoms with E-state index in [2.05, 4.69) is 15.5 Å². The van der Waals surface area contributed by atoms with Crippen LogP contribution < -0.4 is 10.2 Å². The van der Waals surface area contributed by atoms with E-state index in [0.29, 0.717) is 0 Å². The summed E-state index contributed by atoms with van der Waals surface area (Å²) in [6, 6.07) is 9.97. The largest absolute Gasteiger partial charge is 0.311 e. The van der Waals surface area contributed by atoms with Crippen LogP contribution in [0.1, 0.15) is 30.6 Å². The van der Waals surface area contributed by atoms with E-state index in [4.69, 9.17) is 0 Å². The first-order valence-corrected chi connectivity index (χ1v) is 7.28. The zero-order valence-corrected chi connectivity index (χ0v) is 12.3. The number of anilines is 1. The van der Waals surface area contributed by atoms with E-state index in [0.717, 1.165) is 24.3 Å². The summed E-state index contributed by atoms with van der Waals surface area (Å²) in [5.74, 6) is 0.144. The van der Waals surface area contributed by atoms with Crippen LogP contribution in [0.25, 0.3) is 0 Å². The monoisotopic (exact) mass is 284 g/mol. The predicted molar refractivity (Wildman–Crippen MR) is 82.1 cm³/mol. The second kappa shape index (κ2) is 5.69. The molecule has 0 spiro atoms. The number of aryl methyl sites for hydroxylation is 1. The van der Waals surface area contributed by atoms with Crippen molar-refractivity contribution < 1.29 is 4.79 Å². The molecule has 0 bridgehead atoms. The molecular weight excluding hydrogens is 264 g/mol. The van der Waals surface area contributed by atoms with E-state index in [1.165, 1.54) is 5.56 Å². The van der Waals surface area contributed by atoms with E-state index in [1.54, 1.807) is 6.20 Å². The van der Waals surface area contributed by atoms with Gasteiger partial charge in [0.2, 0.25) is 5.91 Å². The number of rotatable bonds is 4. The third kappa shape index (κ3) is 2.83. The second-order valence-corrected chi connectivity index (χ2v) is 5.57. The lowest BCUT2D eigenvalue weighted by atomic mass is 10.2. The number of hydrogen-bond donors (Lipinski definition) is 2. The summed E-state index contributed by atoms with van der Waals surface area (Å²) in [6.07, 6.45) is 2.55. The number of H-pyrrole nitrogens is 1. The number of carbonyl (C=O) groups is 1. The number of hydrogen-bond acceptors (Lipinski definition) is 3. The van der Waals surface area contributed by atoms with Gasteiger partial charge in [-0.05, 0) is 38.5 Å². The van der Waals surface area contributed by atoms with E-state index in [9.17, 15) is 4.79 Å². The minimum atomic E-state index is -0.135. The van der Waals surface area contributed by atoms with Crippen molar-refractivity contribution in [1.82, 2.24) is 15.5 Å². The minimum absolute atomic E-state index is 0.0828. The molecule has 21 heavy (non-hydrogen) atoms. The Kier molecular flexibility index (Phi) is 3.75.